The van der Waals surface area contributed by atoms with E-state index in [0.29, 0.717) is 13.0 Å². The Morgan fingerprint density at radius 1 is 0.974 bits per heavy atom. The van der Waals surface area contributed by atoms with Gasteiger partial charge in [0.1, 0.15) is 18.1 Å². The van der Waals surface area contributed by atoms with Crippen molar-refractivity contribution in [2.75, 3.05) is 6.54 Å². The summed E-state index contributed by atoms with van der Waals surface area (Å²) in [6.07, 6.45) is 2.92. The molecule has 0 aliphatic carbocycles. The van der Waals surface area contributed by atoms with Gasteiger partial charge in [-0.05, 0) is 49.8 Å². The Kier molecular flexibility index (Phi) is 10.4. The van der Waals surface area contributed by atoms with E-state index in [1.54, 1.807) is 6.20 Å². The van der Waals surface area contributed by atoms with Crippen molar-refractivity contribution in [1.29, 1.82) is 0 Å². The molecule has 3 rings (SSSR count). The van der Waals surface area contributed by atoms with Crippen molar-refractivity contribution < 1.29 is 34.2 Å². The molecule has 0 bridgehead atoms. The van der Waals surface area contributed by atoms with Gasteiger partial charge < -0.3 is 36.5 Å². The molecule has 7 N–H and O–H groups in total. The Hall–Kier alpha value is -3.93. The number of fused-ring (bicyclic) bond motifs is 1. The van der Waals surface area contributed by atoms with Crippen LogP contribution in [0.1, 0.15) is 51.5 Å². The molecule has 1 aromatic carbocycles. The van der Waals surface area contributed by atoms with Crippen molar-refractivity contribution >= 4 is 40.6 Å². The number of benzene rings is 1. The largest absolute Gasteiger partial charge is 0.481 e. The smallest absolute Gasteiger partial charge is 0.326 e. The Labute approximate surface area is 226 Å². The Morgan fingerprint density at radius 2 is 1.67 bits per heavy atom. The summed E-state index contributed by atoms with van der Waals surface area (Å²) < 4.78 is 0. The fraction of sp³-hybridized carbons (Fsp3) is 0.519. The van der Waals surface area contributed by atoms with E-state index in [1.807, 2.05) is 38.1 Å². The second-order valence-electron chi connectivity index (χ2n) is 10.3. The van der Waals surface area contributed by atoms with Crippen LogP contribution in [0.2, 0.25) is 0 Å². The van der Waals surface area contributed by atoms with E-state index in [2.05, 4.69) is 26.3 Å². The molecule has 2 heterocycles. The second kappa shape index (κ2) is 13.7. The first-order valence-electron chi connectivity index (χ1n) is 13.2. The van der Waals surface area contributed by atoms with E-state index in [-0.39, 0.29) is 31.1 Å². The summed E-state index contributed by atoms with van der Waals surface area (Å²) in [5.41, 5.74) is 1.70. The van der Waals surface area contributed by atoms with E-state index >= 15 is 0 Å². The lowest BCUT2D eigenvalue weighted by molar-refractivity contribution is -0.143. The molecule has 12 heteroatoms. The molecule has 212 valence electrons. The highest BCUT2D eigenvalue weighted by molar-refractivity contribution is 5.95. The fourth-order valence-corrected chi connectivity index (χ4v) is 4.68. The zero-order valence-corrected chi connectivity index (χ0v) is 22.2. The number of carbonyl (C=O) groups excluding carboxylic acids is 3. The third kappa shape index (κ3) is 8.54. The summed E-state index contributed by atoms with van der Waals surface area (Å²) >= 11 is 0. The molecule has 2 aromatic rings. The van der Waals surface area contributed by atoms with Gasteiger partial charge in [-0.3, -0.25) is 19.2 Å². The van der Waals surface area contributed by atoms with Gasteiger partial charge in [-0.15, -0.1) is 0 Å². The number of aliphatic carboxylic acids is 2. The van der Waals surface area contributed by atoms with Crippen LogP contribution in [0.3, 0.4) is 0 Å². The number of aromatic amines is 1. The number of carbonyl (C=O) groups is 5. The summed E-state index contributed by atoms with van der Waals surface area (Å²) in [5, 5.41) is 30.3. The minimum atomic E-state index is -1.42. The van der Waals surface area contributed by atoms with Crippen molar-refractivity contribution in [3.8, 4) is 0 Å². The van der Waals surface area contributed by atoms with Crippen LogP contribution in [0.5, 0.6) is 0 Å². The van der Waals surface area contributed by atoms with Crippen molar-refractivity contribution in [2.24, 2.45) is 5.92 Å². The Balaban J connectivity index is 1.79. The van der Waals surface area contributed by atoms with Gasteiger partial charge in [-0.1, -0.05) is 32.0 Å². The highest BCUT2D eigenvalue weighted by Crippen LogP contribution is 2.20. The summed E-state index contributed by atoms with van der Waals surface area (Å²) in [6, 6.07) is 3.66. The predicted octanol–water partition coefficient (Wildman–Crippen LogP) is 0.912. The second-order valence-corrected chi connectivity index (χ2v) is 10.3. The average Bonchev–Trinajstić information content (AvgIpc) is 3.56. The molecule has 1 aromatic heterocycles. The SMILES string of the molecule is CC(C)CC(NC(=O)C(Cc1c[nH]c2ccccc12)NC(=O)C1CCCN1)C(=O)NC(CCC(=O)O)C(=O)O. The molecule has 39 heavy (non-hydrogen) atoms. The maximum atomic E-state index is 13.6. The van der Waals surface area contributed by atoms with Gasteiger partial charge in [-0.2, -0.15) is 0 Å². The molecule has 1 fully saturated rings. The first-order valence-corrected chi connectivity index (χ1v) is 13.2. The van der Waals surface area contributed by atoms with Crippen LogP contribution < -0.4 is 21.3 Å². The van der Waals surface area contributed by atoms with Crippen LogP contribution in [-0.4, -0.2) is 75.6 Å². The van der Waals surface area contributed by atoms with E-state index in [0.717, 1.165) is 22.9 Å². The van der Waals surface area contributed by atoms with Crippen LogP contribution in [0.4, 0.5) is 0 Å². The minimum Gasteiger partial charge on any atom is -0.481 e. The fourth-order valence-electron chi connectivity index (χ4n) is 4.68. The van der Waals surface area contributed by atoms with Crippen LogP contribution in [0, 0.1) is 5.92 Å². The van der Waals surface area contributed by atoms with Crippen LogP contribution in [0.25, 0.3) is 10.9 Å². The molecular formula is C27H37N5O7. The van der Waals surface area contributed by atoms with Crippen LogP contribution >= 0.6 is 0 Å². The summed E-state index contributed by atoms with van der Waals surface area (Å²) in [6.45, 7) is 4.41. The topological polar surface area (TPSA) is 190 Å². The minimum absolute atomic E-state index is 0.0345. The lowest BCUT2D eigenvalue weighted by atomic mass is 10.00. The first kappa shape index (κ1) is 29.6. The molecular weight excluding hydrogens is 506 g/mol. The normalized spacial score (nSPS) is 17.4. The molecule has 0 radical (unpaired) electrons. The summed E-state index contributed by atoms with van der Waals surface area (Å²) in [7, 11) is 0. The molecule has 12 nitrogen and oxygen atoms in total. The highest BCUT2D eigenvalue weighted by Gasteiger charge is 2.32. The van der Waals surface area contributed by atoms with Crippen molar-refractivity contribution in [3.05, 3.63) is 36.0 Å². The van der Waals surface area contributed by atoms with Crippen molar-refractivity contribution in [3.63, 3.8) is 0 Å². The standard InChI is InChI=1S/C27H37N5O7/c1-15(2)12-21(25(36)30-20(27(38)39)9-10-23(33)34)31-26(37)22(32-24(35)19-8-5-11-28-19)13-16-14-29-18-7-4-3-6-17(16)18/h3-4,6-7,14-15,19-22,28-29H,5,8-13H2,1-2H3,(H,30,36)(H,31,37)(H,32,35)(H,33,34)(H,38,39). The lowest BCUT2D eigenvalue weighted by Gasteiger charge is -2.26. The number of carboxylic acids is 2. The van der Waals surface area contributed by atoms with Gasteiger partial charge >= 0.3 is 11.9 Å². The lowest BCUT2D eigenvalue weighted by Crippen LogP contribution is -2.57. The number of carboxylic acid groups (broad SMARTS) is 2. The summed E-state index contributed by atoms with van der Waals surface area (Å²) in [5.74, 6) is -4.21. The maximum absolute atomic E-state index is 13.6. The predicted molar refractivity (Wildman–Crippen MR) is 143 cm³/mol. The Bertz CT molecular complexity index is 1190. The molecule has 3 amide bonds. The number of H-pyrrole nitrogens is 1. The maximum Gasteiger partial charge on any atom is 0.326 e. The van der Waals surface area contributed by atoms with Crippen LogP contribution in [-0.2, 0) is 30.4 Å². The molecule has 1 aliphatic rings. The third-order valence-electron chi connectivity index (χ3n) is 6.71. The van der Waals surface area contributed by atoms with Gasteiger partial charge in [0, 0.05) is 29.9 Å². The average molecular weight is 544 g/mol. The zero-order valence-electron chi connectivity index (χ0n) is 22.2. The highest BCUT2D eigenvalue weighted by atomic mass is 16.4. The molecule has 4 unspecified atom stereocenters. The van der Waals surface area contributed by atoms with E-state index < -0.39 is 54.3 Å². The van der Waals surface area contributed by atoms with Gasteiger partial charge in [0.2, 0.25) is 17.7 Å². The Morgan fingerprint density at radius 3 is 2.31 bits per heavy atom. The van der Waals surface area contributed by atoms with E-state index in [1.165, 1.54) is 0 Å². The van der Waals surface area contributed by atoms with Gasteiger partial charge in [0.15, 0.2) is 0 Å². The van der Waals surface area contributed by atoms with Crippen molar-refractivity contribution in [1.82, 2.24) is 26.3 Å². The number of aromatic nitrogens is 1. The summed E-state index contributed by atoms with van der Waals surface area (Å²) in [4.78, 5) is 65.2. The molecule has 1 aliphatic heterocycles. The van der Waals surface area contributed by atoms with Gasteiger partial charge in [0.05, 0.1) is 6.04 Å². The monoisotopic (exact) mass is 543 g/mol. The number of nitrogens with one attached hydrogen (secondary N) is 5. The first-order chi connectivity index (χ1) is 18.5. The number of hydrogen-bond acceptors (Lipinski definition) is 6. The zero-order chi connectivity index (χ0) is 28.5. The quantitative estimate of drug-likeness (QED) is 0.183. The number of para-hydroxylation sites is 1. The molecule has 0 saturated carbocycles. The van der Waals surface area contributed by atoms with Gasteiger partial charge in [0.25, 0.3) is 0 Å². The van der Waals surface area contributed by atoms with E-state index in [9.17, 15) is 29.1 Å². The number of amides is 3. The molecule has 1 saturated heterocycles. The number of rotatable bonds is 14. The van der Waals surface area contributed by atoms with Crippen molar-refractivity contribution in [2.45, 2.75) is 76.5 Å². The van der Waals surface area contributed by atoms with Crippen LogP contribution in [0.15, 0.2) is 30.5 Å². The third-order valence-corrected chi connectivity index (χ3v) is 6.71. The molecule has 0 spiro atoms. The van der Waals surface area contributed by atoms with Gasteiger partial charge in [-0.25, -0.2) is 4.79 Å². The molecule has 4 atom stereocenters. The number of hydrogen-bond donors (Lipinski definition) is 7. The van der Waals surface area contributed by atoms with E-state index in [4.69, 9.17) is 5.11 Å².